The highest BCUT2D eigenvalue weighted by Gasteiger charge is 2.26. The Hall–Kier alpha value is -1.90. The van der Waals surface area contributed by atoms with Crippen LogP contribution in [0.3, 0.4) is 0 Å². The van der Waals surface area contributed by atoms with Gasteiger partial charge in [-0.1, -0.05) is 48.0 Å². The van der Waals surface area contributed by atoms with E-state index in [4.69, 9.17) is 17.3 Å². The second-order valence-electron chi connectivity index (χ2n) is 5.09. The quantitative estimate of drug-likeness (QED) is 0.768. The van der Waals surface area contributed by atoms with Crippen molar-refractivity contribution in [2.45, 2.75) is 12.5 Å². The molecule has 0 aliphatic carbocycles. The number of hydrogen-bond donors (Lipinski definition) is 1. The van der Waals surface area contributed by atoms with Crippen LogP contribution in [-0.4, -0.2) is 4.98 Å². The molecule has 0 saturated carbocycles. The molecular weight excluding hydrogens is 268 g/mol. The maximum absolute atomic E-state index is 6.54. The molecule has 0 radical (unpaired) electrons. The fourth-order valence-corrected chi connectivity index (χ4v) is 2.76. The molecule has 0 spiro atoms. The Morgan fingerprint density at radius 2 is 1.85 bits per heavy atom. The average molecular weight is 283 g/mol. The van der Waals surface area contributed by atoms with Gasteiger partial charge in [0.2, 0.25) is 0 Å². The largest absolute Gasteiger partial charge is 0.318 e. The van der Waals surface area contributed by atoms with Gasteiger partial charge in [-0.2, -0.15) is 0 Å². The third-order valence-electron chi connectivity index (χ3n) is 3.64. The summed E-state index contributed by atoms with van der Waals surface area (Å²) in [6.45, 7) is 1.97. The monoisotopic (exact) mass is 282 g/mol. The Labute approximate surface area is 123 Å². The van der Waals surface area contributed by atoms with E-state index >= 15 is 0 Å². The SMILES string of the molecule is CC(N)(c1ccc2cccnc2c1)c1ccccc1Cl. The van der Waals surface area contributed by atoms with Crippen LogP contribution in [-0.2, 0) is 5.54 Å². The van der Waals surface area contributed by atoms with Crippen LogP contribution < -0.4 is 5.73 Å². The Kier molecular flexibility index (Phi) is 3.20. The summed E-state index contributed by atoms with van der Waals surface area (Å²) in [7, 11) is 0. The zero-order valence-electron chi connectivity index (χ0n) is 11.2. The highest BCUT2D eigenvalue weighted by molar-refractivity contribution is 6.31. The number of fused-ring (bicyclic) bond motifs is 1. The van der Waals surface area contributed by atoms with Crippen LogP contribution in [0.25, 0.3) is 10.9 Å². The molecule has 0 saturated heterocycles. The van der Waals surface area contributed by atoms with Crippen LogP contribution in [0.2, 0.25) is 5.02 Å². The van der Waals surface area contributed by atoms with Gasteiger partial charge >= 0.3 is 0 Å². The average Bonchev–Trinajstić information content (AvgIpc) is 2.47. The molecule has 3 heteroatoms. The Morgan fingerprint density at radius 3 is 2.65 bits per heavy atom. The number of pyridine rings is 1. The van der Waals surface area contributed by atoms with Crippen molar-refractivity contribution >= 4 is 22.5 Å². The lowest BCUT2D eigenvalue weighted by molar-refractivity contribution is 0.604. The van der Waals surface area contributed by atoms with Crippen molar-refractivity contribution in [1.29, 1.82) is 0 Å². The second kappa shape index (κ2) is 4.89. The van der Waals surface area contributed by atoms with E-state index in [0.29, 0.717) is 5.02 Å². The fourth-order valence-electron chi connectivity index (χ4n) is 2.43. The van der Waals surface area contributed by atoms with Gasteiger partial charge < -0.3 is 5.73 Å². The number of aromatic nitrogens is 1. The number of nitrogens with two attached hydrogens (primary N) is 1. The lowest BCUT2D eigenvalue weighted by atomic mass is 9.85. The smallest absolute Gasteiger partial charge is 0.0705 e. The van der Waals surface area contributed by atoms with E-state index in [2.05, 4.69) is 4.98 Å². The zero-order valence-corrected chi connectivity index (χ0v) is 11.9. The summed E-state index contributed by atoms with van der Waals surface area (Å²) in [4.78, 5) is 4.38. The molecule has 2 N–H and O–H groups in total. The number of benzene rings is 2. The van der Waals surface area contributed by atoms with E-state index in [1.165, 1.54) is 0 Å². The maximum Gasteiger partial charge on any atom is 0.0705 e. The van der Waals surface area contributed by atoms with Crippen LogP contribution in [0.1, 0.15) is 18.1 Å². The van der Waals surface area contributed by atoms with Crippen molar-refractivity contribution in [2.75, 3.05) is 0 Å². The molecule has 0 aliphatic heterocycles. The summed E-state index contributed by atoms with van der Waals surface area (Å²) < 4.78 is 0. The highest BCUT2D eigenvalue weighted by Crippen LogP contribution is 2.32. The van der Waals surface area contributed by atoms with Gasteiger partial charge in [-0.25, -0.2) is 0 Å². The van der Waals surface area contributed by atoms with Crippen LogP contribution in [0.5, 0.6) is 0 Å². The van der Waals surface area contributed by atoms with Gasteiger partial charge in [-0.05, 0) is 36.2 Å². The molecule has 2 nitrogen and oxygen atoms in total. The molecule has 0 aliphatic rings. The first-order valence-corrected chi connectivity index (χ1v) is 6.86. The van der Waals surface area contributed by atoms with Crippen LogP contribution in [0, 0.1) is 0 Å². The molecular formula is C17H15ClN2. The lowest BCUT2D eigenvalue weighted by Gasteiger charge is -2.27. The molecule has 2 aromatic carbocycles. The molecule has 0 amide bonds. The minimum Gasteiger partial charge on any atom is -0.318 e. The third-order valence-corrected chi connectivity index (χ3v) is 3.97. The number of hydrogen-bond acceptors (Lipinski definition) is 2. The molecule has 3 rings (SSSR count). The Balaban J connectivity index is 2.16. The van der Waals surface area contributed by atoms with Crippen molar-refractivity contribution in [3.05, 3.63) is 76.9 Å². The van der Waals surface area contributed by atoms with Gasteiger partial charge in [0.1, 0.15) is 0 Å². The van der Waals surface area contributed by atoms with E-state index in [9.17, 15) is 0 Å². The van der Waals surface area contributed by atoms with Gasteiger partial charge in [0.25, 0.3) is 0 Å². The van der Waals surface area contributed by atoms with E-state index in [-0.39, 0.29) is 0 Å². The van der Waals surface area contributed by atoms with Gasteiger partial charge in [-0.15, -0.1) is 0 Å². The normalized spacial score (nSPS) is 14.2. The summed E-state index contributed by atoms with van der Waals surface area (Å²) in [6, 6.07) is 17.8. The number of rotatable bonds is 2. The molecule has 0 bridgehead atoms. The first kappa shape index (κ1) is 13.1. The molecule has 100 valence electrons. The predicted octanol–water partition coefficient (Wildman–Crippen LogP) is 4.11. The molecule has 0 fully saturated rings. The molecule has 20 heavy (non-hydrogen) atoms. The van der Waals surface area contributed by atoms with Crippen molar-refractivity contribution in [3.63, 3.8) is 0 Å². The maximum atomic E-state index is 6.54. The van der Waals surface area contributed by atoms with Gasteiger partial charge in [0, 0.05) is 16.6 Å². The van der Waals surface area contributed by atoms with Gasteiger partial charge in [-0.3, -0.25) is 4.98 Å². The third kappa shape index (κ3) is 2.17. The minimum atomic E-state index is -0.649. The number of halogens is 1. The lowest BCUT2D eigenvalue weighted by Crippen LogP contribution is -2.34. The van der Waals surface area contributed by atoms with Crippen molar-refractivity contribution < 1.29 is 0 Å². The highest BCUT2D eigenvalue weighted by atomic mass is 35.5. The summed E-state index contributed by atoms with van der Waals surface area (Å²) in [5.74, 6) is 0. The van der Waals surface area contributed by atoms with E-state index in [1.54, 1.807) is 6.20 Å². The Bertz CT molecular complexity index is 766. The summed E-state index contributed by atoms with van der Waals surface area (Å²) in [6.07, 6.45) is 1.79. The van der Waals surface area contributed by atoms with E-state index in [0.717, 1.165) is 22.0 Å². The van der Waals surface area contributed by atoms with E-state index in [1.807, 2.05) is 61.5 Å². The second-order valence-corrected chi connectivity index (χ2v) is 5.50. The topological polar surface area (TPSA) is 38.9 Å². The molecule has 3 aromatic rings. The van der Waals surface area contributed by atoms with Gasteiger partial charge in [0.15, 0.2) is 0 Å². The molecule has 1 unspecified atom stereocenters. The number of nitrogens with zero attached hydrogens (tertiary/aromatic N) is 1. The van der Waals surface area contributed by atoms with Crippen molar-refractivity contribution in [2.24, 2.45) is 5.73 Å². The van der Waals surface area contributed by atoms with Crippen LogP contribution in [0.15, 0.2) is 60.8 Å². The summed E-state index contributed by atoms with van der Waals surface area (Å²) in [5, 5.41) is 1.78. The first-order valence-electron chi connectivity index (χ1n) is 6.48. The molecule has 1 aromatic heterocycles. The van der Waals surface area contributed by atoms with Crippen molar-refractivity contribution in [3.8, 4) is 0 Å². The zero-order chi connectivity index (χ0) is 14.2. The van der Waals surface area contributed by atoms with Gasteiger partial charge in [0.05, 0.1) is 11.1 Å². The standard InChI is InChI=1S/C17H15ClN2/c1-17(19,14-6-2-3-7-15(14)18)13-9-8-12-5-4-10-20-16(12)11-13/h2-11H,19H2,1H3. The summed E-state index contributed by atoms with van der Waals surface area (Å²) >= 11 is 6.28. The van der Waals surface area contributed by atoms with Crippen LogP contribution in [0.4, 0.5) is 0 Å². The Morgan fingerprint density at radius 1 is 1.05 bits per heavy atom. The van der Waals surface area contributed by atoms with E-state index < -0.39 is 5.54 Å². The van der Waals surface area contributed by atoms with Crippen LogP contribution >= 0.6 is 11.6 Å². The summed E-state index contributed by atoms with van der Waals surface area (Å²) in [5.41, 5.74) is 8.74. The predicted molar refractivity (Wildman–Crippen MR) is 83.8 cm³/mol. The minimum absolute atomic E-state index is 0.649. The first-order chi connectivity index (χ1) is 9.59. The molecule has 1 heterocycles. The van der Waals surface area contributed by atoms with Crippen molar-refractivity contribution in [1.82, 2.24) is 4.98 Å². The fraction of sp³-hybridized carbons (Fsp3) is 0.118. The molecule has 1 atom stereocenters.